The van der Waals surface area contributed by atoms with E-state index in [9.17, 15) is 63.2 Å². The maximum atomic E-state index is 15.1. The van der Waals surface area contributed by atoms with Crippen LogP contribution in [0.2, 0.25) is 0 Å². The fourth-order valence-corrected chi connectivity index (χ4v) is 4.63. The molecule has 1 saturated carbocycles. The molecular formula is C29F17N5. The third kappa shape index (κ3) is 5.64. The van der Waals surface area contributed by atoms with Gasteiger partial charge >= 0.3 is 12.4 Å². The van der Waals surface area contributed by atoms with E-state index < -0.39 is 144 Å². The van der Waals surface area contributed by atoms with Crippen molar-refractivity contribution in [3.8, 4) is 18.2 Å². The van der Waals surface area contributed by atoms with Crippen LogP contribution in [0, 0.1) is 105 Å². The molecule has 1 aliphatic carbocycles. The molecule has 0 spiro atoms. The predicted molar refractivity (Wildman–Crippen MR) is 130 cm³/mol. The molecule has 0 radical (unpaired) electrons. The van der Waals surface area contributed by atoms with Crippen LogP contribution in [0.4, 0.5) is 74.6 Å². The molecule has 0 saturated heterocycles. The van der Waals surface area contributed by atoms with Crippen molar-refractivity contribution in [3.63, 3.8) is 0 Å². The van der Waals surface area contributed by atoms with Crippen LogP contribution in [0.5, 0.6) is 0 Å². The molecule has 1 fully saturated rings. The van der Waals surface area contributed by atoms with Crippen LogP contribution >= 0.6 is 0 Å². The zero-order valence-corrected chi connectivity index (χ0v) is 23.2. The van der Waals surface area contributed by atoms with Crippen LogP contribution in [-0.4, -0.2) is 4.98 Å². The lowest BCUT2D eigenvalue weighted by Crippen LogP contribution is -2.17. The summed E-state index contributed by atoms with van der Waals surface area (Å²) in [6.07, 6.45) is -12.4. The summed E-state index contributed by atoms with van der Waals surface area (Å²) in [6.45, 7) is 7.30. The van der Waals surface area contributed by atoms with Crippen LogP contribution in [0.15, 0.2) is 16.7 Å². The van der Waals surface area contributed by atoms with Gasteiger partial charge in [0.2, 0.25) is 5.70 Å². The summed E-state index contributed by atoms with van der Waals surface area (Å²) in [5.41, 5.74) is -26.3. The summed E-state index contributed by atoms with van der Waals surface area (Å²) >= 11 is 0. The van der Waals surface area contributed by atoms with E-state index in [0.29, 0.717) is 0 Å². The van der Waals surface area contributed by atoms with Crippen molar-refractivity contribution in [2.75, 3.05) is 0 Å². The Balaban J connectivity index is 2.37. The first-order chi connectivity index (χ1) is 23.5. The average molecular weight is 741 g/mol. The van der Waals surface area contributed by atoms with Gasteiger partial charge in [-0.25, -0.2) is 53.7 Å². The van der Waals surface area contributed by atoms with Crippen molar-refractivity contribution in [2.45, 2.75) is 12.4 Å². The summed E-state index contributed by atoms with van der Waals surface area (Å²) in [6, 6.07) is 2.48. The minimum atomic E-state index is -6.18. The highest BCUT2D eigenvalue weighted by Gasteiger charge is 2.49. The van der Waals surface area contributed by atoms with Gasteiger partial charge < -0.3 is 0 Å². The van der Waals surface area contributed by atoms with Crippen molar-refractivity contribution in [1.29, 1.82) is 15.8 Å². The normalized spacial score (nSPS) is 15.8. The molecule has 22 heteroatoms. The lowest BCUT2D eigenvalue weighted by atomic mass is 9.99. The molecule has 0 unspecified atom stereocenters. The number of alkyl halides is 6. The highest BCUT2D eigenvalue weighted by Crippen LogP contribution is 2.58. The first-order valence-corrected chi connectivity index (χ1v) is 12.3. The zero-order chi connectivity index (χ0) is 38.8. The summed E-state index contributed by atoms with van der Waals surface area (Å²) < 4.78 is 241. The molecular weight excluding hydrogens is 741 g/mol. The summed E-state index contributed by atoms with van der Waals surface area (Å²) in [5.74, 6) is -32.6. The Labute approximate surface area is 269 Å². The molecule has 260 valence electrons. The van der Waals surface area contributed by atoms with Crippen molar-refractivity contribution in [1.82, 2.24) is 4.98 Å². The van der Waals surface area contributed by atoms with Crippen molar-refractivity contribution in [2.24, 2.45) is 0 Å². The lowest BCUT2D eigenvalue weighted by molar-refractivity contribution is -0.144. The van der Waals surface area contributed by atoms with Crippen LogP contribution in [0.1, 0.15) is 33.5 Å². The monoisotopic (exact) mass is 741 g/mol. The smallest absolute Gasteiger partial charge is 0.237 e. The van der Waals surface area contributed by atoms with Gasteiger partial charge in [0, 0.05) is 0 Å². The fraction of sp³-hybridized carbons (Fsp3) is 0.0690. The number of benzene rings is 2. The molecule has 1 heterocycles. The zero-order valence-electron chi connectivity index (χ0n) is 23.2. The number of allylic oxidation sites excluding steroid dienone is 5. The molecule has 0 atom stereocenters. The fourth-order valence-electron chi connectivity index (χ4n) is 4.63. The first kappa shape index (κ1) is 37.4. The van der Waals surface area contributed by atoms with Gasteiger partial charge in [-0.2, -0.15) is 46.5 Å². The van der Waals surface area contributed by atoms with Crippen molar-refractivity contribution < 1.29 is 74.6 Å². The third-order valence-corrected chi connectivity index (χ3v) is 6.73. The maximum absolute atomic E-state index is 15.1. The number of nitriles is 3. The topological polar surface area (TPSA) is 88.6 Å². The second-order valence-corrected chi connectivity index (χ2v) is 9.43. The molecule has 1 aromatic heterocycles. The van der Waals surface area contributed by atoms with Gasteiger partial charge in [-0.1, -0.05) is 0 Å². The van der Waals surface area contributed by atoms with Gasteiger partial charge in [0.15, 0.2) is 63.9 Å². The third-order valence-electron chi connectivity index (χ3n) is 6.73. The highest BCUT2D eigenvalue weighted by molar-refractivity contribution is 6.11. The number of pyridine rings is 1. The quantitative estimate of drug-likeness (QED) is 0.0881. The van der Waals surface area contributed by atoms with Gasteiger partial charge in [-0.3, -0.25) is 0 Å². The summed E-state index contributed by atoms with van der Waals surface area (Å²) in [7, 11) is 0. The molecule has 0 aliphatic heterocycles. The Morgan fingerprint density at radius 3 is 1.18 bits per heavy atom. The summed E-state index contributed by atoms with van der Waals surface area (Å²) in [5, 5.41) is 28.5. The second-order valence-electron chi connectivity index (χ2n) is 9.43. The Morgan fingerprint density at radius 2 is 0.863 bits per heavy atom. The molecule has 4 rings (SSSR count). The first-order valence-electron chi connectivity index (χ1n) is 12.3. The van der Waals surface area contributed by atoms with Crippen molar-refractivity contribution >= 4 is 16.8 Å². The number of rotatable bonds is 3. The number of hydrogen-bond donors (Lipinski definition) is 0. The van der Waals surface area contributed by atoms with E-state index in [2.05, 4.69) is 9.83 Å². The standard InChI is InChI=1S/C29F17N5/c1-50-26(13-19(33)24(38)15(29(44,45)46)25(39)20(13)34)12-8(5(2-47)10-16(30)7(4-49)51-27(40)21(10)35)9(12)6(3-48)11-17(31)22(36)14(28(41,42)43)23(37)18(11)32/b8-5-,9-6+,26-12+. The van der Waals surface area contributed by atoms with E-state index >= 15 is 22.0 Å². The second kappa shape index (κ2) is 12.5. The minimum Gasteiger partial charge on any atom is -0.237 e. The molecule has 0 N–H and O–H groups in total. The van der Waals surface area contributed by atoms with Gasteiger partial charge in [0.25, 0.3) is 5.95 Å². The largest absolute Gasteiger partial charge is 0.422 e. The molecule has 0 bridgehead atoms. The van der Waals surface area contributed by atoms with E-state index in [1.54, 1.807) is 0 Å². The maximum Gasteiger partial charge on any atom is 0.422 e. The molecule has 0 amide bonds. The Bertz CT molecular complexity index is 2210. The molecule has 51 heavy (non-hydrogen) atoms. The number of nitrogens with zero attached hydrogens (tertiary/aromatic N) is 5. The van der Waals surface area contributed by atoms with E-state index in [1.165, 1.54) is 0 Å². The van der Waals surface area contributed by atoms with Gasteiger partial charge in [-0.05, 0) is 16.7 Å². The number of hydrogen-bond acceptors (Lipinski definition) is 4. The van der Waals surface area contributed by atoms with E-state index in [0.717, 1.165) is 18.2 Å². The Hall–Kier alpha value is -6.42. The average Bonchev–Trinajstić information content (AvgIpc) is 3.75. The summed E-state index contributed by atoms with van der Waals surface area (Å²) in [4.78, 5) is 4.94. The van der Waals surface area contributed by atoms with E-state index in [4.69, 9.17) is 11.8 Å². The van der Waals surface area contributed by atoms with E-state index in [-0.39, 0.29) is 0 Å². The Kier molecular flexibility index (Phi) is 9.15. The van der Waals surface area contributed by atoms with Crippen LogP contribution in [-0.2, 0) is 12.4 Å². The van der Waals surface area contributed by atoms with Gasteiger partial charge in [0.1, 0.15) is 29.3 Å². The predicted octanol–water partition coefficient (Wildman–Crippen LogP) is 9.12. The van der Waals surface area contributed by atoms with Crippen molar-refractivity contribution in [3.05, 3.63) is 126 Å². The molecule has 5 nitrogen and oxygen atoms in total. The molecule has 1 aliphatic rings. The molecule has 3 aromatic rings. The lowest BCUT2D eigenvalue weighted by Gasteiger charge is -2.14. The van der Waals surface area contributed by atoms with Gasteiger partial charge in [0.05, 0.1) is 34.4 Å². The van der Waals surface area contributed by atoms with Crippen LogP contribution in [0.25, 0.3) is 21.7 Å². The minimum absolute atomic E-state index is 0.733. The SMILES string of the molecule is [C-]#[N+]/C(=C1/C(=C(\C#N)c2c(F)c(F)c(C(F)(F)F)c(F)c2F)/C1=C(\C#N)c1c(F)c(F)nc(C#N)c1F)c1c(F)c(F)c(C(F)(F)F)c(F)c1F. The van der Waals surface area contributed by atoms with Crippen LogP contribution < -0.4 is 0 Å². The Morgan fingerprint density at radius 1 is 0.510 bits per heavy atom. The number of halogens is 17. The molecule has 2 aromatic carbocycles. The van der Waals surface area contributed by atoms with Crippen LogP contribution in [0.3, 0.4) is 0 Å². The van der Waals surface area contributed by atoms with Gasteiger partial charge in [-0.15, -0.1) is 0 Å². The number of aromatic nitrogens is 1. The van der Waals surface area contributed by atoms with E-state index in [1.807, 2.05) is 0 Å². The highest BCUT2D eigenvalue weighted by atomic mass is 19.4.